The molecule has 0 N–H and O–H groups in total. The van der Waals surface area contributed by atoms with Gasteiger partial charge in [-0.2, -0.15) is 0 Å². The standard InChI is InChI=1S/C19H28N2O2/c1-16-14-20(12-7-10-18-8-5-4-6-9-18)15-17(2)21(16)19(22)11-13-23-3/h4-6,8-9,11,13,16-17H,7,10,12,14-15H2,1-3H3/b13-11+/t16-,17+. The number of benzene rings is 1. The van der Waals surface area contributed by atoms with Crippen LogP contribution in [-0.4, -0.2) is 54.5 Å². The number of carbonyl (C=O) groups is 1. The van der Waals surface area contributed by atoms with Crippen LogP contribution in [-0.2, 0) is 16.0 Å². The number of amides is 1. The van der Waals surface area contributed by atoms with Gasteiger partial charge in [-0.05, 0) is 38.8 Å². The fraction of sp³-hybridized carbons (Fsp3) is 0.526. The van der Waals surface area contributed by atoms with E-state index >= 15 is 0 Å². The highest BCUT2D eigenvalue weighted by Gasteiger charge is 2.31. The van der Waals surface area contributed by atoms with Gasteiger partial charge < -0.3 is 9.64 Å². The van der Waals surface area contributed by atoms with Crippen LogP contribution in [0.5, 0.6) is 0 Å². The highest BCUT2D eigenvalue weighted by molar-refractivity contribution is 5.88. The quantitative estimate of drug-likeness (QED) is 0.597. The van der Waals surface area contributed by atoms with Gasteiger partial charge in [0.1, 0.15) is 0 Å². The lowest BCUT2D eigenvalue weighted by Crippen LogP contribution is -2.58. The van der Waals surface area contributed by atoms with E-state index in [0.29, 0.717) is 0 Å². The van der Waals surface area contributed by atoms with Crippen LogP contribution in [0.15, 0.2) is 42.7 Å². The fourth-order valence-corrected chi connectivity index (χ4v) is 3.41. The van der Waals surface area contributed by atoms with Gasteiger partial charge in [-0.1, -0.05) is 30.3 Å². The van der Waals surface area contributed by atoms with Gasteiger partial charge in [0.25, 0.3) is 0 Å². The molecule has 0 radical (unpaired) electrons. The fourth-order valence-electron chi connectivity index (χ4n) is 3.41. The van der Waals surface area contributed by atoms with E-state index in [-0.39, 0.29) is 18.0 Å². The molecule has 1 heterocycles. The monoisotopic (exact) mass is 316 g/mol. The smallest absolute Gasteiger partial charge is 0.250 e. The lowest BCUT2D eigenvalue weighted by Gasteiger charge is -2.44. The molecule has 23 heavy (non-hydrogen) atoms. The summed E-state index contributed by atoms with van der Waals surface area (Å²) in [6, 6.07) is 11.1. The van der Waals surface area contributed by atoms with Crippen LogP contribution in [0.1, 0.15) is 25.8 Å². The molecule has 1 aliphatic rings. The lowest BCUT2D eigenvalue weighted by atomic mass is 10.1. The maximum atomic E-state index is 12.2. The lowest BCUT2D eigenvalue weighted by molar-refractivity contribution is -0.133. The van der Waals surface area contributed by atoms with Crippen molar-refractivity contribution in [3.8, 4) is 0 Å². The van der Waals surface area contributed by atoms with E-state index in [1.807, 2.05) is 4.90 Å². The summed E-state index contributed by atoms with van der Waals surface area (Å²) in [6.45, 7) is 7.20. The zero-order valence-corrected chi connectivity index (χ0v) is 14.4. The summed E-state index contributed by atoms with van der Waals surface area (Å²) in [5, 5.41) is 0. The first-order valence-corrected chi connectivity index (χ1v) is 8.39. The minimum atomic E-state index is 0.0378. The molecule has 1 amide bonds. The second-order valence-electron chi connectivity index (χ2n) is 6.33. The zero-order chi connectivity index (χ0) is 16.7. The Kier molecular flexibility index (Phi) is 6.66. The number of methoxy groups -OCH3 is 1. The summed E-state index contributed by atoms with van der Waals surface area (Å²) >= 11 is 0. The van der Waals surface area contributed by atoms with E-state index in [1.165, 1.54) is 17.9 Å². The third kappa shape index (κ3) is 5.10. The highest BCUT2D eigenvalue weighted by atomic mass is 16.5. The van der Waals surface area contributed by atoms with Gasteiger partial charge >= 0.3 is 0 Å². The van der Waals surface area contributed by atoms with Gasteiger partial charge in [0.2, 0.25) is 5.91 Å². The maximum Gasteiger partial charge on any atom is 0.250 e. The predicted molar refractivity (Wildman–Crippen MR) is 93.1 cm³/mol. The largest absolute Gasteiger partial charge is 0.504 e. The summed E-state index contributed by atoms with van der Waals surface area (Å²) in [6.07, 6.45) is 5.23. The highest BCUT2D eigenvalue weighted by Crippen LogP contribution is 2.17. The Hall–Kier alpha value is -1.81. The second kappa shape index (κ2) is 8.73. The second-order valence-corrected chi connectivity index (χ2v) is 6.33. The third-order valence-electron chi connectivity index (χ3n) is 4.38. The van der Waals surface area contributed by atoms with E-state index in [4.69, 9.17) is 4.74 Å². The van der Waals surface area contributed by atoms with E-state index in [9.17, 15) is 4.79 Å². The van der Waals surface area contributed by atoms with Crippen LogP contribution in [0.4, 0.5) is 0 Å². The van der Waals surface area contributed by atoms with Crippen molar-refractivity contribution >= 4 is 5.91 Å². The summed E-state index contributed by atoms with van der Waals surface area (Å²) < 4.78 is 4.85. The number of piperazine rings is 1. The molecule has 4 heteroatoms. The van der Waals surface area contributed by atoms with Crippen molar-refractivity contribution in [3.05, 3.63) is 48.2 Å². The van der Waals surface area contributed by atoms with Crippen LogP contribution < -0.4 is 0 Å². The minimum absolute atomic E-state index is 0.0378. The predicted octanol–water partition coefficient (Wildman–Crippen LogP) is 2.70. The molecule has 2 atom stereocenters. The number of hydrogen-bond donors (Lipinski definition) is 0. The van der Waals surface area contributed by atoms with E-state index in [1.54, 1.807) is 7.11 Å². The molecular formula is C19H28N2O2. The molecule has 1 aromatic rings. The summed E-state index contributed by atoms with van der Waals surface area (Å²) in [5.74, 6) is 0.0378. The molecule has 126 valence electrons. The third-order valence-corrected chi connectivity index (χ3v) is 4.38. The van der Waals surface area contributed by atoms with Crippen LogP contribution in [0, 0.1) is 0 Å². The topological polar surface area (TPSA) is 32.8 Å². The van der Waals surface area contributed by atoms with E-state index < -0.39 is 0 Å². The molecule has 0 unspecified atom stereocenters. The Morgan fingerprint density at radius 1 is 1.22 bits per heavy atom. The van der Waals surface area contributed by atoms with Gasteiger partial charge in [0, 0.05) is 31.2 Å². The van der Waals surface area contributed by atoms with Crippen molar-refractivity contribution in [3.63, 3.8) is 0 Å². The van der Waals surface area contributed by atoms with Gasteiger partial charge in [-0.25, -0.2) is 0 Å². The van der Waals surface area contributed by atoms with E-state index in [0.717, 1.165) is 32.5 Å². The van der Waals surface area contributed by atoms with Crippen LogP contribution in [0.25, 0.3) is 0 Å². The number of rotatable bonds is 6. The van der Waals surface area contributed by atoms with Crippen molar-refractivity contribution in [2.24, 2.45) is 0 Å². The maximum absolute atomic E-state index is 12.2. The molecule has 0 aliphatic carbocycles. The Labute approximate surface area is 139 Å². The Balaban J connectivity index is 1.81. The molecule has 0 saturated carbocycles. The van der Waals surface area contributed by atoms with Gasteiger partial charge in [0.15, 0.2) is 0 Å². The molecule has 0 aromatic heterocycles. The van der Waals surface area contributed by atoms with Crippen molar-refractivity contribution in [1.82, 2.24) is 9.80 Å². The molecule has 0 bridgehead atoms. The number of hydrogen-bond acceptors (Lipinski definition) is 3. The Morgan fingerprint density at radius 3 is 2.48 bits per heavy atom. The van der Waals surface area contributed by atoms with Crippen LogP contribution >= 0.6 is 0 Å². The summed E-state index contributed by atoms with van der Waals surface area (Å²) in [5.41, 5.74) is 1.40. The normalized spacial score (nSPS) is 22.5. The van der Waals surface area contributed by atoms with Crippen molar-refractivity contribution in [2.45, 2.75) is 38.8 Å². The molecule has 1 aliphatic heterocycles. The number of nitrogens with zero attached hydrogens (tertiary/aromatic N) is 2. The minimum Gasteiger partial charge on any atom is -0.504 e. The van der Waals surface area contributed by atoms with Crippen molar-refractivity contribution in [1.29, 1.82) is 0 Å². The number of carbonyl (C=O) groups excluding carboxylic acids is 1. The Morgan fingerprint density at radius 2 is 1.87 bits per heavy atom. The molecule has 0 spiro atoms. The van der Waals surface area contributed by atoms with Gasteiger partial charge in [-0.3, -0.25) is 9.69 Å². The summed E-state index contributed by atoms with van der Waals surface area (Å²) in [4.78, 5) is 16.7. The summed E-state index contributed by atoms with van der Waals surface area (Å²) in [7, 11) is 1.56. The van der Waals surface area contributed by atoms with Crippen molar-refractivity contribution < 1.29 is 9.53 Å². The van der Waals surface area contributed by atoms with Crippen LogP contribution in [0.2, 0.25) is 0 Å². The number of ether oxygens (including phenoxy) is 1. The molecule has 1 aromatic carbocycles. The molecule has 2 rings (SSSR count). The molecule has 1 fully saturated rings. The average Bonchev–Trinajstić information content (AvgIpc) is 2.53. The number of aryl methyl sites for hydroxylation is 1. The van der Waals surface area contributed by atoms with Crippen LogP contribution in [0.3, 0.4) is 0 Å². The first-order valence-electron chi connectivity index (χ1n) is 8.39. The van der Waals surface area contributed by atoms with Gasteiger partial charge in [-0.15, -0.1) is 0 Å². The molecule has 4 nitrogen and oxygen atoms in total. The zero-order valence-electron chi connectivity index (χ0n) is 14.4. The first-order chi connectivity index (χ1) is 11.1. The van der Waals surface area contributed by atoms with Crippen molar-refractivity contribution in [2.75, 3.05) is 26.7 Å². The SMILES string of the molecule is CO/C=C/C(=O)N1[C@H](C)CN(CCCc2ccccc2)C[C@@H]1C. The molecule has 1 saturated heterocycles. The Bertz CT molecular complexity index is 503. The molecular weight excluding hydrogens is 288 g/mol. The average molecular weight is 316 g/mol. The first kappa shape index (κ1) is 17.5. The van der Waals surface area contributed by atoms with Gasteiger partial charge in [0.05, 0.1) is 13.4 Å². The van der Waals surface area contributed by atoms with E-state index in [2.05, 4.69) is 49.1 Å².